The molecule has 1 aromatic heterocycles. The van der Waals surface area contributed by atoms with E-state index in [1.165, 1.54) is 11.8 Å². The van der Waals surface area contributed by atoms with E-state index in [4.69, 9.17) is 9.47 Å². The summed E-state index contributed by atoms with van der Waals surface area (Å²) in [5.41, 5.74) is 1.16. The molecule has 1 unspecified atom stereocenters. The third-order valence-corrected chi connectivity index (χ3v) is 6.60. The van der Waals surface area contributed by atoms with Crippen LogP contribution in [0.2, 0.25) is 0 Å². The van der Waals surface area contributed by atoms with Gasteiger partial charge in [-0.1, -0.05) is 18.2 Å². The number of benzene rings is 2. The highest BCUT2D eigenvalue weighted by Gasteiger charge is 2.16. The minimum Gasteiger partial charge on any atom is -0.493 e. The molecule has 162 valence electrons. The van der Waals surface area contributed by atoms with Crippen LogP contribution in [0.5, 0.6) is 11.5 Å². The van der Waals surface area contributed by atoms with Gasteiger partial charge in [0, 0.05) is 21.5 Å². The summed E-state index contributed by atoms with van der Waals surface area (Å²) in [5, 5.41) is 7.85. The quantitative estimate of drug-likeness (QED) is 0.444. The van der Waals surface area contributed by atoms with Crippen molar-refractivity contribution in [2.24, 2.45) is 0 Å². The van der Waals surface area contributed by atoms with Gasteiger partial charge >= 0.3 is 0 Å². The van der Waals surface area contributed by atoms with Gasteiger partial charge in [0.15, 0.2) is 11.5 Å². The van der Waals surface area contributed by atoms with Crippen LogP contribution >= 0.6 is 23.1 Å². The number of ether oxygens (including phenoxy) is 2. The molecule has 3 aromatic rings. The van der Waals surface area contributed by atoms with Gasteiger partial charge in [0.1, 0.15) is 0 Å². The van der Waals surface area contributed by atoms with Crippen LogP contribution in [-0.2, 0) is 4.79 Å². The molecule has 6 nitrogen and oxygen atoms in total. The number of thiophene rings is 1. The van der Waals surface area contributed by atoms with Crippen molar-refractivity contribution < 1.29 is 19.1 Å². The number of carbonyl (C=O) groups is 2. The largest absolute Gasteiger partial charge is 0.493 e. The van der Waals surface area contributed by atoms with Gasteiger partial charge in [-0.05, 0) is 42.6 Å². The molecule has 0 spiro atoms. The van der Waals surface area contributed by atoms with Crippen LogP contribution in [0.3, 0.4) is 0 Å². The van der Waals surface area contributed by atoms with E-state index in [1.807, 2.05) is 42.6 Å². The Hall–Kier alpha value is -2.97. The molecule has 1 heterocycles. The Bertz CT molecular complexity index is 1040. The number of hydrogen-bond donors (Lipinski definition) is 2. The lowest BCUT2D eigenvalue weighted by Gasteiger charge is -2.14. The van der Waals surface area contributed by atoms with E-state index < -0.39 is 0 Å². The van der Waals surface area contributed by atoms with Gasteiger partial charge in [-0.25, -0.2) is 0 Å². The standard InChI is InChI=1S/C23H24N2O4S2/c1-15(20-9-6-12-30-20)24-23(27)17-7-4-5-8-21(17)31-14-22(26)25-16-10-11-18(28-2)19(13-16)29-3/h4-13,15H,14H2,1-3H3,(H,24,27)(H,25,26). The second-order valence-corrected chi connectivity index (χ2v) is 8.61. The van der Waals surface area contributed by atoms with E-state index in [9.17, 15) is 9.59 Å². The molecule has 3 rings (SSSR count). The third kappa shape index (κ3) is 6.02. The lowest BCUT2D eigenvalue weighted by Crippen LogP contribution is -2.26. The van der Waals surface area contributed by atoms with E-state index in [2.05, 4.69) is 10.6 Å². The van der Waals surface area contributed by atoms with E-state index in [0.29, 0.717) is 22.7 Å². The number of rotatable bonds is 9. The van der Waals surface area contributed by atoms with Crippen molar-refractivity contribution in [1.29, 1.82) is 0 Å². The first-order chi connectivity index (χ1) is 15.0. The second-order valence-electron chi connectivity index (χ2n) is 6.61. The Morgan fingerprint density at radius 1 is 1.03 bits per heavy atom. The van der Waals surface area contributed by atoms with Crippen LogP contribution < -0.4 is 20.1 Å². The fourth-order valence-corrected chi connectivity index (χ4v) is 4.50. The molecule has 0 aliphatic heterocycles. The molecule has 0 bridgehead atoms. The van der Waals surface area contributed by atoms with Crippen molar-refractivity contribution in [3.63, 3.8) is 0 Å². The minimum atomic E-state index is -0.181. The summed E-state index contributed by atoms with van der Waals surface area (Å²) in [7, 11) is 3.10. The summed E-state index contributed by atoms with van der Waals surface area (Å²) < 4.78 is 10.5. The zero-order chi connectivity index (χ0) is 22.2. The van der Waals surface area contributed by atoms with Crippen molar-refractivity contribution in [1.82, 2.24) is 5.32 Å². The molecule has 1 atom stereocenters. The molecular weight excluding hydrogens is 432 g/mol. The average Bonchev–Trinajstić information content (AvgIpc) is 3.33. The molecule has 31 heavy (non-hydrogen) atoms. The summed E-state index contributed by atoms with van der Waals surface area (Å²) in [5.74, 6) is 0.948. The zero-order valence-electron chi connectivity index (χ0n) is 17.5. The molecular formula is C23H24N2O4S2. The van der Waals surface area contributed by atoms with Gasteiger partial charge in [-0.3, -0.25) is 9.59 Å². The van der Waals surface area contributed by atoms with Crippen LogP contribution in [0, 0.1) is 0 Å². The molecule has 0 radical (unpaired) electrons. The summed E-state index contributed by atoms with van der Waals surface area (Å²) in [6, 6.07) is 16.3. The zero-order valence-corrected chi connectivity index (χ0v) is 19.1. The van der Waals surface area contributed by atoms with Crippen molar-refractivity contribution in [3.05, 3.63) is 70.4 Å². The minimum absolute atomic E-state index is 0.0843. The predicted octanol–water partition coefficient (Wildman–Crippen LogP) is 4.99. The van der Waals surface area contributed by atoms with Gasteiger partial charge in [0.25, 0.3) is 5.91 Å². The number of nitrogens with one attached hydrogen (secondary N) is 2. The highest BCUT2D eigenvalue weighted by atomic mass is 32.2. The third-order valence-electron chi connectivity index (χ3n) is 4.48. The van der Waals surface area contributed by atoms with Crippen molar-refractivity contribution in [3.8, 4) is 11.5 Å². The molecule has 2 N–H and O–H groups in total. The van der Waals surface area contributed by atoms with E-state index >= 15 is 0 Å². The Morgan fingerprint density at radius 3 is 2.52 bits per heavy atom. The Balaban J connectivity index is 1.62. The first kappa shape index (κ1) is 22.7. The second kappa shape index (κ2) is 10.9. The van der Waals surface area contributed by atoms with Crippen molar-refractivity contribution in [2.75, 3.05) is 25.3 Å². The molecule has 0 saturated carbocycles. The first-order valence-corrected chi connectivity index (χ1v) is 11.5. The smallest absolute Gasteiger partial charge is 0.252 e. The fourth-order valence-electron chi connectivity index (χ4n) is 2.92. The average molecular weight is 457 g/mol. The highest BCUT2D eigenvalue weighted by Crippen LogP contribution is 2.30. The van der Waals surface area contributed by atoms with E-state index in [1.54, 1.807) is 49.8 Å². The van der Waals surface area contributed by atoms with Crippen LogP contribution in [0.15, 0.2) is 64.9 Å². The Kier molecular flexibility index (Phi) is 7.97. The molecule has 0 fully saturated rings. The maximum Gasteiger partial charge on any atom is 0.252 e. The van der Waals surface area contributed by atoms with Gasteiger partial charge < -0.3 is 20.1 Å². The number of carbonyl (C=O) groups excluding carboxylic acids is 2. The van der Waals surface area contributed by atoms with Gasteiger partial charge in [-0.15, -0.1) is 23.1 Å². The maximum atomic E-state index is 12.8. The summed E-state index contributed by atoms with van der Waals surface area (Å²) in [6.45, 7) is 1.95. The van der Waals surface area contributed by atoms with E-state index in [-0.39, 0.29) is 23.6 Å². The molecule has 8 heteroatoms. The van der Waals surface area contributed by atoms with Crippen LogP contribution in [0.25, 0.3) is 0 Å². The van der Waals surface area contributed by atoms with Crippen LogP contribution in [0.4, 0.5) is 5.69 Å². The lowest BCUT2D eigenvalue weighted by molar-refractivity contribution is -0.113. The van der Waals surface area contributed by atoms with Crippen molar-refractivity contribution in [2.45, 2.75) is 17.9 Å². The highest BCUT2D eigenvalue weighted by molar-refractivity contribution is 8.00. The summed E-state index contributed by atoms with van der Waals surface area (Å²) in [4.78, 5) is 27.1. The topological polar surface area (TPSA) is 76.7 Å². The predicted molar refractivity (Wildman–Crippen MR) is 126 cm³/mol. The van der Waals surface area contributed by atoms with Gasteiger partial charge in [0.05, 0.1) is 31.6 Å². The maximum absolute atomic E-state index is 12.8. The number of anilines is 1. The SMILES string of the molecule is COc1ccc(NC(=O)CSc2ccccc2C(=O)NC(C)c2cccs2)cc1OC. The first-order valence-electron chi connectivity index (χ1n) is 9.59. The number of methoxy groups -OCH3 is 2. The van der Waals surface area contributed by atoms with Gasteiger partial charge in [-0.2, -0.15) is 0 Å². The number of hydrogen-bond acceptors (Lipinski definition) is 6. The van der Waals surface area contributed by atoms with Crippen molar-refractivity contribution >= 4 is 40.6 Å². The number of amides is 2. The molecule has 0 saturated heterocycles. The van der Waals surface area contributed by atoms with Gasteiger partial charge in [0.2, 0.25) is 5.91 Å². The normalized spacial score (nSPS) is 11.5. The fraction of sp³-hybridized carbons (Fsp3) is 0.217. The van der Waals surface area contributed by atoms with E-state index in [0.717, 1.165) is 9.77 Å². The molecule has 2 amide bonds. The summed E-state index contributed by atoms with van der Waals surface area (Å²) in [6.07, 6.45) is 0. The van der Waals surface area contributed by atoms with Crippen LogP contribution in [0.1, 0.15) is 28.2 Å². The molecule has 0 aliphatic carbocycles. The Morgan fingerprint density at radius 2 is 1.81 bits per heavy atom. The van der Waals surface area contributed by atoms with Crippen LogP contribution in [-0.4, -0.2) is 31.8 Å². The monoisotopic (exact) mass is 456 g/mol. The molecule has 2 aromatic carbocycles. The summed E-state index contributed by atoms with van der Waals surface area (Å²) >= 11 is 2.92. The lowest BCUT2D eigenvalue weighted by atomic mass is 10.2. The molecule has 0 aliphatic rings. The number of thioether (sulfide) groups is 1. The Labute approximate surface area is 190 Å².